The van der Waals surface area contributed by atoms with E-state index in [2.05, 4.69) is 34.2 Å². The molecule has 0 aliphatic carbocycles. The Morgan fingerprint density at radius 3 is 1.42 bits per heavy atom. The van der Waals surface area contributed by atoms with Gasteiger partial charge in [-0.25, -0.2) is 0 Å². The summed E-state index contributed by atoms with van der Waals surface area (Å²) < 4.78 is 0. The van der Waals surface area contributed by atoms with E-state index in [1.165, 1.54) is 11.1 Å². The predicted molar refractivity (Wildman–Crippen MR) is 106 cm³/mol. The average Bonchev–Trinajstić information content (AvgIpc) is 2.68. The van der Waals surface area contributed by atoms with Crippen LogP contribution in [-0.4, -0.2) is 33.4 Å². The molecule has 0 radical (unpaired) electrons. The Morgan fingerprint density at radius 1 is 0.577 bits per heavy atom. The first-order chi connectivity index (χ1) is 12.8. The molecule has 0 fully saturated rings. The number of pyridine rings is 2. The first-order valence-corrected chi connectivity index (χ1v) is 9.95. The first-order valence-electron chi connectivity index (χ1n) is 9.95. The van der Waals surface area contributed by atoms with Gasteiger partial charge in [-0.15, -0.1) is 0 Å². The molecule has 142 valence electrons. The van der Waals surface area contributed by atoms with Crippen LogP contribution in [0.3, 0.4) is 0 Å². The van der Waals surface area contributed by atoms with E-state index in [-0.39, 0.29) is 0 Å². The van der Waals surface area contributed by atoms with Gasteiger partial charge < -0.3 is 10.2 Å². The summed E-state index contributed by atoms with van der Waals surface area (Å²) in [5.74, 6) is 0. The van der Waals surface area contributed by atoms with Crippen LogP contribution in [0, 0.1) is 0 Å². The molecule has 0 aromatic carbocycles. The number of unbranched alkanes of at least 4 members (excludes halogenated alkanes) is 6. The van der Waals surface area contributed by atoms with Crippen LogP contribution >= 0.6 is 0 Å². The van der Waals surface area contributed by atoms with E-state index in [9.17, 15) is 0 Å². The maximum atomic E-state index is 8.83. The van der Waals surface area contributed by atoms with Gasteiger partial charge in [0, 0.05) is 25.6 Å². The third-order valence-corrected chi connectivity index (χ3v) is 4.66. The normalized spacial score (nSPS) is 11.0. The van der Waals surface area contributed by atoms with E-state index in [4.69, 9.17) is 10.2 Å². The minimum atomic E-state index is 0.294. The zero-order valence-corrected chi connectivity index (χ0v) is 15.7. The Kier molecular flexibility index (Phi) is 9.91. The highest BCUT2D eigenvalue weighted by Gasteiger charge is 2.04. The number of aryl methyl sites for hydroxylation is 2. The van der Waals surface area contributed by atoms with E-state index < -0.39 is 0 Å². The van der Waals surface area contributed by atoms with E-state index in [0.717, 1.165) is 75.6 Å². The van der Waals surface area contributed by atoms with Gasteiger partial charge in [-0.1, -0.05) is 25.7 Å². The van der Waals surface area contributed by atoms with E-state index in [1.807, 2.05) is 12.4 Å². The molecule has 26 heavy (non-hydrogen) atoms. The molecule has 0 unspecified atom stereocenters. The Labute approximate surface area is 157 Å². The summed E-state index contributed by atoms with van der Waals surface area (Å²) in [6.07, 6.45) is 14.4. The summed E-state index contributed by atoms with van der Waals surface area (Å²) >= 11 is 0. The van der Waals surface area contributed by atoms with Gasteiger partial charge in [-0.2, -0.15) is 0 Å². The molecule has 0 aliphatic heterocycles. The van der Waals surface area contributed by atoms with Crippen molar-refractivity contribution in [1.29, 1.82) is 0 Å². The van der Waals surface area contributed by atoms with Crippen LogP contribution in [0.25, 0.3) is 11.4 Å². The highest BCUT2D eigenvalue weighted by molar-refractivity contribution is 5.55. The Bertz CT molecular complexity index is 576. The third kappa shape index (κ3) is 7.63. The second kappa shape index (κ2) is 12.6. The van der Waals surface area contributed by atoms with Gasteiger partial charge in [0.05, 0.1) is 11.4 Å². The number of hydrogen-bond donors (Lipinski definition) is 2. The van der Waals surface area contributed by atoms with Crippen LogP contribution in [0.4, 0.5) is 0 Å². The second-order valence-corrected chi connectivity index (χ2v) is 6.87. The van der Waals surface area contributed by atoms with Crippen molar-refractivity contribution in [2.24, 2.45) is 0 Å². The van der Waals surface area contributed by atoms with E-state index >= 15 is 0 Å². The highest BCUT2D eigenvalue weighted by atomic mass is 16.3. The SMILES string of the molecule is OCCCCCCc1ccnc(-c2cc(CCCCCCO)ccn2)c1. The van der Waals surface area contributed by atoms with E-state index in [1.54, 1.807) is 0 Å². The predicted octanol–water partition coefficient (Wildman–Crippen LogP) is 4.33. The summed E-state index contributed by atoms with van der Waals surface area (Å²) in [5.41, 5.74) is 4.49. The number of hydrogen-bond acceptors (Lipinski definition) is 4. The van der Waals surface area contributed by atoms with Crippen LogP contribution in [0.15, 0.2) is 36.7 Å². The van der Waals surface area contributed by atoms with Crippen molar-refractivity contribution >= 4 is 0 Å². The van der Waals surface area contributed by atoms with Crippen LogP contribution in [-0.2, 0) is 12.8 Å². The molecular weight excluding hydrogens is 324 g/mol. The Hall–Kier alpha value is -1.78. The molecule has 0 amide bonds. The fraction of sp³-hybridized carbons (Fsp3) is 0.545. The zero-order chi connectivity index (χ0) is 18.5. The van der Waals surface area contributed by atoms with Crippen LogP contribution < -0.4 is 0 Å². The monoisotopic (exact) mass is 356 g/mol. The molecule has 2 N–H and O–H groups in total. The van der Waals surface area contributed by atoms with Crippen LogP contribution in [0.1, 0.15) is 62.5 Å². The molecule has 0 saturated heterocycles. The molecule has 2 aromatic rings. The molecule has 4 nitrogen and oxygen atoms in total. The molecular formula is C22H32N2O2. The molecule has 2 aromatic heterocycles. The van der Waals surface area contributed by atoms with Gasteiger partial charge >= 0.3 is 0 Å². The Balaban J connectivity index is 1.89. The third-order valence-electron chi connectivity index (χ3n) is 4.66. The number of rotatable bonds is 13. The summed E-state index contributed by atoms with van der Waals surface area (Å²) in [5, 5.41) is 17.7. The lowest BCUT2D eigenvalue weighted by atomic mass is 10.0. The lowest BCUT2D eigenvalue weighted by Crippen LogP contribution is -1.94. The van der Waals surface area contributed by atoms with Crippen molar-refractivity contribution in [3.63, 3.8) is 0 Å². The minimum Gasteiger partial charge on any atom is -0.396 e. The first kappa shape index (κ1) is 20.5. The van der Waals surface area contributed by atoms with Crippen LogP contribution in [0.2, 0.25) is 0 Å². The average molecular weight is 357 g/mol. The number of nitrogens with zero attached hydrogens (tertiary/aromatic N) is 2. The molecule has 2 heterocycles. The fourth-order valence-electron chi connectivity index (χ4n) is 3.13. The van der Waals surface area contributed by atoms with Gasteiger partial charge in [-0.3, -0.25) is 9.97 Å². The second-order valence-electron chi connectivity index (χ2n) is 6.87. The fourth-order valence-corrected chi connectivity index (χ4v) is 3.13. The molecule has 2 rings (SSSR count). The van der Waals surface area contributed by atoms with Crippen molar-refractivity contribution in [2.75, 3.05) is 13.2 Å². The molecule has 0 atom stereocenters. The molecule has 0 aliphatic rings. The zero-order valence-electron chi connectivity index (χ0n) is 15.7. The topological polar surface area (TPSA) is 66.2 Å². The lowest BCUT2D eigenvalue weighted by Gasteiger charge is -2.07. The van der Waals surface area contributed by atoms with Crippen molar-refractivity contribution < 1.29 is 10.2 Å². The van der Waals surface area contributed by atoms with Crippen molar-refractivity contribution in [3.8, 4) is 11.4 Å². The smallest absolute Gasteiger partial charge is 0.0888 e. The summed E-state index contributed by atoms with van der Waals surface area (Å²) in [6, 6.07) is 8.47. The van der Waals surface area contributed by atoms with Gasteiger partial charge in [0.25, 0.3) is 0 Å². The van der Waals surface area contributed by atoms with Gasteiger partial charge in [-0.05, 0) is 73.9 Å². The summed E-state index contributed by atoms with van der Waals surface area (Å²) in [4.78, 5) is 9.01. The van der Waals surface area contributed by atoms with Gasteiger partial charge in [0.2, 0.25) is 0 Å². The summed E-state index contributed by atoms with van der Waals surface area (Å²) in [6.45, 7) is 0.589. The number of aromatic nitrogens is 2. The minimum absolute atomic E-state index is 0.294. The number of aliphatic hydroxyl groups excluding tert-OH is 2. The highest BCUT2D eigenvalue weighted by Crippen LogP contribution is 2.19. The molecule has 0 spiro atoms. The van der Waals surface area contributed by atoms with Gasteiger partial charge in [0.1, 0.15) is 0 Å². The molecule has 4 heteroatoms. The maximum Gasteiger partial charge on any atom is 0.0888 e. The van der Waals surface area contributed by atoms with Crippen molar-refractivity contribution in [1.82, 2.24) is 9.97 Å². The van der Waals surface area contributed by atoms with E-state index in [0.29, 0.717) is 13.2 Å². The van der Waals surface area contributed by atoms with Crippen molar-refractivity contribution in [2.45, 2.75) is 64.2 Å². The molecule has 0 bridgehead atoms. The van der Waals surface area contributed by atoms with Gasteiger partial charge in [0.15, 0.2) is 0 Å². The standard InChI is InChI=1S/C22H32N2O2/c25-15-7-3-1-5-9-19-11-13-23-21(17-19)22-18-20(12-14-24-22)10-6-2-4-8-16-26/h11-14,17-18,25-26H,1-10,15-16H2. The number of aliphatic hydroxyl groups is 2. The molecule has 0 saturated carbocycles. The Morgan fingerprint density at radius 2 is 1.00 bits per heavy atom. The quantitative estimate of drug-likeness (QED) is 0.524. The maximum absolute atomic E-state index is 8.83. The lowest BCUT2D eigenvalue weighted by molar-refractivity contribution is 0.282. The largest absolute Gasteiger partial charge is 0.396 e. The van der Waals surface area contributed by atoms with Crippen molar-refractivity contribution in [3.05, 3.63) is 47.8 Å². The van der Waals surface area contributed by atoms with Crippen LogP contribution in [0.5, 0.6) is 0 Å². The summed E-state index contributed by atoms with van der Waals surface area (Å²) in [7, 11) is 0.